The first-order valence-electron chi connectivity index (χ1n) is 9.30. The number of oxime groups is 1. The van der Waals surface area contributed by atoms with Gasteiger partial charge in [-0.05, 0) is 43.5 Å². The van der Waals surface area contributed by atoms with Crippen molar-refractivity contribution in [1.29, 1.82) is 0 Å². The summed E-state index contributed by atoms with van der Waals surface area (Å²) >= 11 is 0. The number of amides is 2. The van der Waals surface area contributed by atoms with Crippen molar-refractivity contribution in [2.24, 2.45) is 11.1 Å². The molecule has 0 spiro atoms. The SMILES string of the molecule is CCNC(=O)Nc1nc2cc(-c3cccnc3)cc(/C(=N/OC)C3CC3)c2[nH]1. The van der Waals surface area contributed by atoms with E-state index in [-0.39, 0.29) is 6.03 Å². The fourth-order valence-corrected chi connectivity index (χ4v) is 3.19. The number of nitrogens with zero attached hydrogens (tertiary/aromatic N) is 3. The third kappa shape index (κ3) is 3.66. The van der Waals surface area contributed by atoms with E-state index in [9.17, 15) is 4.79 Å². The van der Waals surface area contributed by atoms with Gasteiger partial charge in [-0.25, -0.2) is 9.78 Å². The fourth-order valence-electron chi connectivity index (χ4n) is 3.19. The second-order valence-electron chi connectivity index (χ2n) is 6.66. The molecule has 2 amide bonds. The lowest BCUT2D eigenvalue weighted by Gasteiger charge is -2.09. The number of nitrogens with one attached hydrogen (secondary N) is 3. The van der Waals surface area contributed by atoms with Crippen molar-refractivity contribution in [3.63, 3.8) is 0 Å². The van der Waals surface area contributed by atoms with Gasteiger partial charge in [0.05, 0.1) is 16.7 Å². The maximum absolute atomic E-state index is 11.9. The second kappa shape index (κ2) is 7.67. The van der Waals surface area contributed by atoms with Crippen LogP contribution in [0, 0.1) is 5.92 Å². The summed E-state index contributed by atoms with van der Waals surface area (Å²) < 4.78 is 0. The van der Waals surface area contributed by atoms with Crippen LogP contribution in [0.5, 0.6) is 0 Å². The predicted molar refractivity (Wildman–Crippen MR) is 108 cm³/mol. The van der Waals surface area contributed by atoms with Crippen molar-refractivity contribution in [1.82, 2.24) is 20.3 Å². The number of urea groups is 1. The van der Waals surface area contributed by atoms with Gasteiger partial charge in [-0.1, -0.05) is 11.2 Å². The predicted octanol–water partition coefficient (Wildman–Crippen LogP) is 3.53. The molecule has 1 aromatic carbocycles. The molecule has 1 fully saturated rings. The summed E-state index contributed by atoms with van der Waals surface area (Å²) in [6.07, 6.45) is 5.72. The number of aromatic amines is 1. The molecule has 0 saturated heterocycles. The quantitative estimate of drug-likeness (QED) is 0.451. The molecule has 0 aliphatic heterocycles. The van der Waals surface area contributed by atoms with Crippen LogP contribution in [0.1, 0.15) is 25.3 Å². The number of fused-ring (bicyclic) bond motifs is 1. The Kier molecular flexibility index (Phi) is 4.92. The van der Waals surface area contributed by atoms with Crippen LogP contribution in [0.3, 0.4) is 0 Å². The highest BCUT2D eigenvalue weighted by molar-refractivity contribution is 6.12. The average molecular weight is 378 g/mol. The van der Waals surface area contributed by atoms with Crippen molar-refractivity contribution in [2.75, 3.05) is 19.0 Å². The number of benzene rings is 1. The smallest absolute Gasteiger partial charge is 0.321 e. The third-order valence-electron chi connectivity index (χ3n) is 4.59. The lowest BCUT2D eigenvalue weighted by atomic mass is 9.98. The highest BCUT2D eigenvalue weighted by atomic mass is 16.6. The van der Waals surface area contributed by atoms with Crippen LogP contribution in [0.2, 0.25) is 0 Å². The molecule has 0 atom stereocenters. The summed E-state index contributed by atoms with van der Waals surface area (Å²) in [5, 5.41) is 9.73. The van der Waals surface area contributed by atoms with Crippen LogP contribution in [-0.4, -0.2) is 40.3 Å². The van der Waals surface area contributed by atoms with Gasteiger partial charge in [0.25, 0.3) is 0 Å². The number of imidazole rings is 1. The number of pyridine rings is 1. The Bertz CT molecular complexity index is 1020. The normalized spacial score (nSPS) is 14.1. The van der Waals surface area contributed by atoms with Gasteiger partial charge in [0.1, 0.15) is 7.11 Å². The monoisotopic (exact) mass is 378 g/mol. The summed E-state index contributed by atoms with van der Waals surface area (Å²) in [7, 11) is 1.56. The van der Waals surface area contributed by atoms with Gasteiger partial charge in [0, 0.05) is 36.0 Å². The van der Waals surface area contributed by atoms with Gasteiger partial charge >= 0.3 is 6.03 Å². The van der Waals surface area contributed by atoms with Crippen molar-refractivity contribution < 1.29 is 9.63 Å². The van der Waals surface area contributed by atoms with Gasteiger partial charge in [-0.2, -0.15) is 0 Å². The molecule has 144 valence electrons. The Morgan fingerprint density at radius 3 is 2.89 bits per heavy atom. The van der Waals surface area contributed by atoms with E-state index in [2.05, 4.69) is 36.8 Å². The first-order chi connectivity index (χ1) is 13.7. The van der Waals surface area contributed by atoms with E-state index in [0.29, 0.717) is 18.4 Å². The Morgan fingerprint density at radius 1 is 1.36 bits per heavy atom. The molecule has 8 heteroatoms. The van der Waals surface area contributed by atoms with Crippen LogP contribution in [0.15, 0.2) is 41.8 Å². The Morgan fingerprint density at radius 2 is 2.21 bits per heavy atom. The second-order valence-corrected chi connectivity index (χ2v) is 6.66. The van der Waals surface area contributed by atoms with Crippen molar-refractivity contribution in [2.45, 2.75) is 19.8 Å². The molecule has 28 heavy (non-hydrogen) atoms. The zero-order valence-electron chi connectivity index (χ0n) is 15.8. The van der Waals surface area contributed by atoms with Crippen molar-refractivity contribution >= 4 is 28.7 Å². The maximum Gasteiger partial charge on any atom is 0.321 e. The van der Waals surface area contributed by atoms with E-state index in [4.69, 9.17) is 4.84 Å². The van der Waals surface area contributed by atoms with Crippen LogP contribution in [0.4, 0.5) is 10.7 Å². The highest BCUT2D eigenvalue weighted by Crippen LogP contribution is 2.37. The zero-order valence-corrected chi connectivity index (χ0v) is 15.8. The van der Waals surface area contributed by atoms with E-state index >= 15 is 0 Å². The lowest BCUT2D eigenvalue weighted by Crippen LogP contribution is -2.28. The van der Waals surface area contributed by atoms with E-state index in [1.165, 1.54) is 0 Å². The minimum absolute atomic E-state index is 0.302. The maximum atomic E-state index is 11.9. The van der Waals surface area contributed by atoms with Crippen LogP contribution >= 0.6 is 0 Å². The summed E-state index contributed by atoms with van der Waals surface area (Å²) in [4.78, 5) is 29.0. The Balaban J connectivity index is 1.84. The van der Waals surface area contributed by atoms with Crippen molar-refractivity contribution in [3.8, 4) is 11.1 Å². The number of hydrogen-bond acceptors (Lipinski definition) is 5. The van der Waals surface area contributed by atoms with Crippen molar-refractivity contribution in [3.05, 3.63) is 42.2 Å². The highest BCUT2D eigenvalue weighted by Gasteiger charge is 2.31. The topological polar surface area (TPSA) is 104 Å². The molecule has 3 N–H and O–H groups in total. The Labute approximate surface area is 162 Å². The standard InChI is InChI=1S/C20H22N6O2/c1-3-22-20(27)25-19-23-16-10-14(13-5-4-8-21-11-13)9-15(18(16)24-19)17(26-28-2)12-6-7-12/h4-5,8-12H,3,6-7H2,1-2H3,(H3,22,23,24,25,27)/b26-17+. The zero-order chi connectivity index (χ0) is 19.5. The number of hydrogen-bond donors (Lipinski definition) is 3. The van der Waals surface area contributed by atoms with Crippen LogP contribution in [-0.2, 0) is 4.84 Å². The largest absolute Gasteiger partial charge is 0.399 e. The molecular formula is C20H22N6O2. The molecule has 0 bridgehead atoms. The Hall–Kier alpha value is -3.42. The van der Waals surface area contributed by atoms with Crippen LogP contribution in [0.25, 0.3) is 22.2 Å². The minimum Gasteiger partial charge on any atom is -0.399 e. The number of carbonyl (C=O) groups excluding carboxylic acids is 1. The molecule has 2 aromatic heterocycles. The summed E-state index contributed by atoms with van der Waals surface area (Å²) in [5.74, 6) is 0.758. The van der Waals surface area contributed by atoms with E-state index in [0.717, 1.165) is 46.3 Å². The molecular weight excluding hydrogens is 356 g/mol. The van der Waals surface area contributed by atoms with E-state index in [1.807, 2.05) is 31.3 Å². The third-order valence-corrected chi connectivity index (χ3v) is 4.59. The van der Waals surface area contributed by atoms with Gasteiger partial charge in [-0.3, -0.25) is 10.3 Å². The summed E-state index contributed by atoms with van der Waals surface area (Å²) in [5.41, 5.74) is 5.36. The van der Waals surface area contributed by atoms with E-state index < -0.39 is 0 Å². The minimum atomic E-state index is -0.302. The first-order valence-corrected chi connectivity index (χ1v) is 9.30. The van der Waals surface area contributed by atoms with Gasteiger partial charge in [0.15, 0.2) is 0 Å². The average Bonchev–Trinajstić information content (AvgIpc) is 3.46. The summed E-state index contributed by atoms with van der Waals surface area (Å²) in [6, 6.07) is 7.65. The van der Waals surface area contributed by atoms with Crippen LogP contribution < -0.4 is 10.6 Å². The number of H-pyrrole nitrogens is 1. The molecule has 1 aliphatic carbocycles. The van der Waals surface area contributed by atoms with Gasteiger partial charge < -0.3 is 15.1 Å². The molecule has 2 heterocycles. The van der Waals surface area contributed by atoms with E-state index in [1.54, 1.807) is 13.3 Å². The molecule has 4 rings (SSSR count). The molecule has 1 aliphatic rings. The summed E-state index contributed by atoms with van der Waals surface area (Å²) in [6.45, 7) is 2.40. The number of rotatable bonds is 6. The van der Waals surface area contributed by atoms with Gasteiger partial charge in [0.2, 0.25) is 5.95 Å². The molecule has 3 aromatic rings. The molecule has 0 radical (unpaired) electrons. The lowest BCUT2D eigenvalue weighted by molar-refractivity contribution is 0.212. The molecule has 1 saturated carbocycles. The number of aromatic nitrogens is 3. The first kappa shape index (κ1) is 18.0. The number of anilines is 1. The number of carbonyl (C=O) groups is 1. The molecule has 0 unspecified atom stereocenters. The van der Waals surface area contributed by atoms with Gasteiger partial charge in [-0.15, -0.1) is 0 Å². The molecule has 8 nitrogen and oxygen atoms in total. The fraction of sp³-hybridized carbons (Fsp3) is 0.300.